The Balaban J connectivity index is 0.00000121. The van der Waals surface area contributed by atoms with Gasteiger partial charge in [-0.2, -0.15) is 0 Å². The molecule has 1 heterocycles. The molecule has 0 aliphatic carbocycles. The monoisotopic (exact) mass is 195 g/mol. The van der Waals surface area contributed by atoms with Crippen LogP contribution in [0.25, 0.3) is 0 Å². The third-order valence-electron chi connectivity index (χ3n) is 2.29. The molecule has 12 heavy (non-hydrogen) atoms. The minimum atomic E-state index is -0.833. The van der Waals surface area contributed by atoms with Gasteiger partial charge in [0, 0.05) is 13.2 Å². The zero-order valence-electron chi connectivity index (χ0n) is 7.45. The van der Waals surface area contributed by atoms with Gasteiger partial charge in [-0.05, 0) is 26.2 Å². The fraction of sp³-hybridized carbons (Fsp3) is 1.00. The summed E-state index contributed by atoms with van der Waals surface area (Å²) in [6, 6.07) is 0. The van der Waals surface area contributed by atoms with Gasteiger partial charge in [0.2, 0.25) is 0 Å². The van der Waals surface area contributed by atoms with E-state index >= 15 is 0 Å². The highest BCUT2D eigenvalue weighted by atomic mass is 35.5. The third kappa shape index (κ3) is 2.90. The largest absolute Gasteiger partial charge is 0.386 e. The molecule has 1 aliphatic rings. The van der Waals surface area contributed by atoms with Crippen LogP contribution in [0, 0.1) is 0 Å². The summed E-state index contributed by atoms with van der Waals surface area (Å²) in [5, 5.41) is 9.70. The van der Waals surface area contributed by atoms with Gasteiger partial charge in [0.15, 0.2) is 0 Å². The van der Waals surface area contributed by atoms with Gasteiger partial charge in [-0.1, -0.05) is 0 Å². The maximum absolute atomic E-state index is 9.70. The Morgan fingerprint density at radius 3 is 2.67 bits per heavy atom. The van der Waals surface area contributed by atoms with E-state index in [1.54, 1.807) is 6.92 Å². The molecule has 1 fully saturated rings. The average molecular weight is 196 g/mol. The number of nitrogens with two attached hydrogens (primary N) is 1. The fourth-order valence-corrected chi connectivity index (χ4v) is 1.36. The van der Waals surface area contributed by atoms with Crippen LogP contribution in [-0.4, -0.2) is 30.0 Å². The topological polar surface area (TPSA) is 55.5 Å². The van der Waals surface area contributed by atoms with E-state index < -0.39 is 5.60 Å². The highest BCUT2D eigenvalue weighted by Crippen LogP contribution is 2.22. The predicted molar refractivity (Wildman–Crippen MR) is 50.5 cm³/mol. The Hall–Kier alpha value is 0.170. The molecule has 74 valence electrons. The summed E-state index contributed by atoms with van der Waals surface area (Å²) in [5.74, 6) is 0. The Labute approximate surface area is 79.7 Å². The lowest BCUT2D eigenvalue weighted by Gasteiger charge is -2.34. The Morgan fingerprint density at radius 2 is 2.25 bits per heavy atom. The fourth-order valence-electron chi connectivity index (χ4n) is 1.36. The average Bonchev–Trinajstić information content (AvgIpc) is 2.06. The SMILES string of the molecule is CC(O)(CN)C1CCCCO1.Cl. The van der Waals surface area contributed by atoms with Crippen molar-refractivity contribution < 1.29 is 9.84 Å². The molecule has 1 aliphatic heterocycles. The zero-order chi connectivity index (χ0) is 8.32. The van der Waals surface area contributed by atoms with Crippen molar-refractivity contribution in [2.75, 3.05) is 13.2 Å². The molecule has 2 unspecified atom stereocenters. The molecule has 0 spiro atoms. The van der Waals surface area contributed by atoms with Crippen LogP contribution in [0.15, 0.2) is 0 Å². The number of halogens is 1. The summed E-state index contributed by atoms with van der Waals surface area (Å²) < 4.78 is 5.40. The molecule has 2 atom stereocenters. The van der Waals surface area contributed by atoms with Crippen molar-refractivity contribution in [2.24, 2.45) is 5.73 Å². The first-order valence-electron chi connectivity index (χ1n) is 4.21. The van der Waals surface area contributed by atoms with Gasteiger partial charge in [0.05, 0.1) is 6.10 Å². The Morgan fingerprint density at radius 1 is 1.58 bits per heavy atom. The van der Waals surface area contributed by atoms with Crippen LogP contribution in [0.4, 0.5) is 0 Å². The maximum Gasteiger partial charge on any atom is 0.100 e. The van der Waals surface area contributed by atoms with E-state index in [4.69, 9.17) is 10.5 Å². The molecule has 0 amide bonds. The summed E-state index contributed by atoms with van der Waals surface area (Å²) >= 11 is 0. The minimum absolute atomic E-state index is 0. The maximum atomic E-state index is 9.70. The van der Waals surface area contributed by atoms with E-state index in [0.29, 0.717) is 0 Å². The van der Waals surface area contributed by atoms with Crippen LogP contribution in [0.3, 0.4) is 0 Å². The highest BCUT2D eigenvalue weighted by molar-refractivity contribution is 5.85. The lowest BCUT2D eigenvalue weighted by Crippen LogP contribution is -2.48. The molecule has 0 aromatic rings. The summed E-state index contributed by atoms with van der Waals surface area (Å²) in [4.78, 5) is 0. The molecule has 1 saturated heterocycles. The van der Waals surface area contributed by atoms with E-state index in [1.807, 2.05) is 0 Å². The molecule has 0 radical (unpaired) electrons. The second-order valence-corrected chi connectivity index (χ2v) is 3.42. The van der Waals surface area contributed by atoms with Crippen LogP contribution in [-0.2, 0) is 4.74 Å². The van der Waals surface area contributed by atoms with Crippen LogP contribution >= 0.6 is 12.4 Å². The lowest BCUT2D eigenvalue weighted by molar-refractivity contribution is -0.112. The normalized spacial score (nSPS) is 28.8. The summed E-state index contributed by atoms with van der Waals surface area (Å²) in [6.45, 7) is 2.78. The smallest absolute Gasteiger partial charge is 0.100 e. The molecule has 0 aromatic carbocycles. The van der Waals surface area contributed by atoms with Crippen LogP contribution < -0.4 is 5.73 Å². The van der Waals surface area contributed by atoms with Crippen molar-refractivity contribution in [3.8, 4) is 0 Å². The minimum Gasteiger partial charge on any atom is -0.386 e. The number of rotatable bonds is 2. The molecule has 1 rings (SSSR count). The summed E-state index contributed by atoms with van der Waals surface area (Å²) in [7, 11) is 0. The third-order valence-corrected chi connectivity index (χ3v) is 2.29. The van der Waals surface area contributed by atoms with Crippen LogP contribution in [0.1, 0.15) is 26.2 Å². The standard InChI is InChI=1S/C8H17NO2.ClH/c1-8(10,6-9)7-4-2-3-5-11-7;/h7,10H,2-6,9H2,1H3;1H. The molecular weight excluding hydrogens is 178 g/mol. The first-order chi connectivity index (χ1) is 5.17. The van der Waals surface area contributed by atoms with Crippen molar-refractivity contribution in [1.82, 2.24) is 0 Å². The van der Waals surface area contributed by atoms with Gasteiger partial charge in [-0.15, -0.1) is 12.4 Å². The van der Waals surface area contributed by atoms with Gasteiger partial charge >= 0.3 is 0 Å². The first kappa shape index (κ1) is 12.2. The number of aliphatic hydroxyl groups is 1. The van der Waals surface area contributed by atoms with E-state index in [0.717, 1.165) is 25.9 Å². The highest BCUT2D eigenvalue weighted by Gasteiger charge is 2.32. The predicted octanol–water partition coefficient (Wildman–Crippen LogP) is 0.687. The van der Waals surface area contributed by atoms with Gasteiger partial charge in [0.1, 0.15) is 5.60 Å². The molecular formula is C8H18ClNO2. The van der Waals surface area contributed by atoms with Crippen LogP contribution in [0.5, 0.6) is 0 Å². The van der Waals surface area contributed by atoms with Crippen molar-refractivity contribution in [1.29, 1.82) is 0 Å². The quantitative estimate of drug-likeness (QED) is 0.682. The van der Waals surface area contributed by atoms with Gasteiger partial charge in [-0.3, -0.25) is 0 Å². The van der Waals surface area contributed by atoms with Crippen molar-refractivity contribution in [3.05, 3.63) is 0 Å². The summed E-state index contributed by atoms with van der Waals surface area (Å²) in [6.07, 6.45) is 3.13. The van der Waals surface area contributed by atoms with E-state index in [2.05, 4.69) is 0 Å². The molecule has 0 bridgehead atoms. The molecule has 4 heteroatoms. The number of hydrogen-bond donors (Lipinski definition) is 2. The Kier molecular flexibility index (Phi) is 5.09. The molecule has 0 aromatic heterocycles. The summed E-state index contributed by atoms with van der Waals surface area (Å²) in [5.41, 5.74) is 4.57. The second-order valence-electron chi connectivity index (χ2n) is 3.42. The zero-order valence-corrected chi connectivity index (χ0v) is 8.27. The molecule has 3 N–H and O–H groups in total. The Bertz CT molecular complexity index is 124. The lowest BCUT2D eigenvalue weighted by atomic mass is 9.93. The number of hydrogen-bond acceptors (Lipinski definition) is 3. The molecule has 0 saturated carbocycles. The van der Waals surface area contributed by atoms with E-state index in [-0.39, 0.29) is 25.1 Å². The van der Waals surface area contributed by atoms with Crippen molar-refractivity contribution in [2.45, 2.75) is 37.9 Å². The first-order valence-corrected chi connectivity index (χ1v) is 4.21. The van der Waals surface area contributed by atoms with Gasteiger partial charge in [-0.25, -0.2) is 0 Å². The van der Waals surface area contributed by atoms with Gasteiger partial charge < -0.3 is 15.6 Å². The van der Waals surface area contributed by atoms with E-state index in [9.17, 15) is 5.11 Å². The van der Waals surface area contributed by atoms with Crippen LogP contribution in [0.2, 0.25) is 0 Å². The van der Waals surface area contributed by atoms with Crippen molar-refractivity contribution >= 4 is 12.4 Å². The molecule has 3 nitrogen and oxygen atoms in total. The van der Waals surface area contributed by atoms with E-state index in [1.165, 1.54) is 0 Å². The van der Waals surface area contributed by atoms with Gasteiger partial charge in [0.25, 0.3) is 0 Å². The van der Waals surface area contributed by atoms with Crippen molar-refractivity contribution in [3.63, 3.8) is 0 Å². The number of ether oxygens (including phenoxy) is 1. The second kappa shape index (κ2) is 5.02.